The van der Waals surface area contributed by atoms with Crippen LogP contribution in [0.25, 0.3) is 0 Å². The van der Waals surface area contributed by atoms with Crippen molar-refractivity contribution in [2.75, 3.05) is 0 Å². The van der Waals surface area contributed by atoms with Crippen molar-refractivity contribution in [2.24, 2.45) is 11.8 Å². The van der Waals surface area contributed by atoms with E-state index in [0.29, 0.717) is 18.8 Å². The Hall–Kier alpha value is -1.53. The third kappa shape index (κ3) is 3.57. The van der Waals surface area contributed by atoms with E-state index in [9.17, 15) is 23.1 Å². The molecule has 0 amide bonds. The summed E-state index contributed by atoms with van der Waals surface area (Å²) < 4.78 is 39.1. The maximum Gasteiger partial charge on any atom is 0.435 e. The van der Waals surface area contributed by atoms with Crippen LogP contribution in [-0.4, -0.2) is 20.9 Å². The number of hydrogen-bond donors (Lipinski definition) is 1. The molecule has 0 spiro atoms. The highest BCUT2D eigenvalue weighted by molar-refractivity contribution is 5.70. The minimum absolute atomic E-state index is 0.356. The van der Waals surface area contributed by atoms with E-state index >= 15 is 0 Å². The molecule has 1 aromatic heterocycles. The molecular formula is C14H19F3N2O2. The van der Waals surface area contributed by atoms with Gasteiger partial charge in [-0.3, -0.25) is 9.48 Å². The maximum absolute atomic E-state index is 12.6. The second-order valence-electron chi connectivity index (χ2n) is 5.66. The van der Waals surface area contributed by atoms with E-state index in [-0.39, 0.29) is 0 Å². The van der Waals surface area contributed by atoms with Gasteiger partial charge >= 0.3 is 12.1 Å². The molecule has 4 nitrogen and oxygen atoms in total. The Labute approximate surface area is 120 Å². The zero-order valence-corrected chi connectivity index (χ0v) is 11.8. The lowest BCUT2D eigenvalue weighted by molar-refractivity contribution is -0.145. The Balaban J connectivity index is 2.23. The summed E-state index contributed by atoms with van der Waals surface area (Å²) in [4.78, 5) is 11.3. The molecule has 0 saturated heterocycles. The first-order chi connectivity index (χ1) is 9.82. The van der Waals surface area contributed by atoms with Gasteiger partial charge in [0.15, 0.2) is 5.69 Å². The Morgan fingerprint density at radius 1 is 1.48 bits per heavy atom. The minimum atomic E-state index is -4.50. The van der Waals surface area contributed by atoms with E-state index in [0.717, 1.165) is 25.3 Å². The first-order valence-electron chi connectivity index (χ1n) is 7.18. The lowest BCUT2D eigenvalue weighted by atomic mass is 9.76. The molecular weight excluding hydrogens is 285 g/mol. The highest BCUT2D eigenvalue weighted by Crippen LogP contribution is 2.39. The molecule has 0 aromatic carbocycles. The van der Waals surface area contributed by atoms with Gasteiger partial charge in [-0.1, -0.05) is 19.8 Å². The molecule has 0 radical (unpaired) electrons. The summed E-state index contributed by atoms with van der Waals surface area (Å²) in [6.45, 7) is 2.05. The highest BCUT2D eigenvalue weighted by atomic mass is 19.4. The Kier molecular flexibility index (Phi) is 4.58. The molecule has 0 aliphatic heterocycles. The number of rotatable bonds is 4. The Morgan fingerprint density at radius 2 is 2.19 bits per heavy atom. The molecule has 3 atom stereocenters. The molecule has 1 aromatic rings. The monoisotopic (exact) mass is 304 g/mol. The molecule has 7 heteroatoms. The van der Waals surface area contributed by atoms with Crippen LogP contribution in [0.5, 0.6) is 0 Å². The van der Waals surface area contributed by atoms with Gasteiger partial charge in [-0.2, -0.15) is 18.3 Å². The van der Waals surface area contributed by atoms with Crippen LogP contribution in [-0.2, 0) is 11.0 Å². The van der Waals surface area contributed by atoms with Gasteiger partial charge < -0.3 is 5.11 Å². The van der Waals surface area contributed by atoms with E-state index in [1.807, 2.05) is 6.92 Å². The number of carbonyl (C=O) groups is 1. The average Bonchev–Trinajstić information content (AvgIpc) is 2.88. The van der Waals surface area contributed by atoms with E-state index in [4.69, 9.17) is 0 Å². The first kappa shape index (κ1) is 15.9. The molecule has 118 valence electrons. The van der Waals surface area contributed by atoms with Crippen LogP contribution in [0.4, 0.5) is 13.2 Å². The third-order valence-corrected chi connectivity index (χ3v) is 4.18. The highest BCUT2D eigenvalue weighted by Gasteiger charge is 2.39. The standard InChI is InChI=1S/C14H19F3N2O2/c1-2-3-9-4-5-10(13(20)21)11(8-9)19-7-6-12(18-19)14(15,16)17/h6-7,9-11H,2-5,8H2,1H3,(H,20,21). The number of aromatic nitrogens is 2. The van der Waals surface area contributed by atoms with Gasteiger partial charge in [0.1, 0.15) is 0 Å². The molecule has 1 N–H and O–H groups in total. The fourth-order valence-electron chi connectivity index (χ4n) is 3.16. The number of carboxylic acids is 1. The SMILES string of the molecule is CCCC1CCC(C(=O)O)C(n2ccc(C(F)(F)F)n2)C1. The quantitative estimate of drug-likeness (QED) is 0.922. The van der Waals surface area contributed by atoms with Crippen molar-refractivity contribution in [3.8, 4) is 0 Å². The van der Waals surface area contributed by atoms with Gasteiger partial charge in [-0.25, -0.2) is 0 Å². The van der Waals surface area contributed by atoms with Crippen molar-refractivity contribution >= 4 is 5.97 Å². The van der Waals surface area contributed by atoms with Crippen LogP contribution in [0, 0.1) is 11.8 Å². The zero-order chi connectivity index (χ0) is 15.6. The van der Waals surface area contributed by atoms with Gasteiger partial charge in [-0.15, -0.1) is 0 Å². The van der Waals surface area contributed by atoms with E-state index < -0.39 is 29.8 Å². The molecule has 1 fully saturated rings. The molecule has 1 heterocycles. The largest absolute Gasteiger partial charge is 0.481 e. The van der Waals surface area contributed by atoms with Crippen LogP contribution in [0.3, 0.4) is 0 Å². The van der Waals surface area contributed by atoms with E-state index in [1.54, 1.807) is 0 Å². The second-order valence-corrected chi connectivity index (χ2v) is 5.66. The van der Waals surface area contributed by atoms with Gasteiger partial charge in [0.2, 0.25) is 0 Å². The van der Waals surface area contributed by atoms with Gasteiger partial charge in [-0.05, 0) is 31.2 Å². The molecule has 1 aliphatic carbocycles. The first-order valence-corrected chi connectivity index (χ1v) is 7.18. The summed E-state index contributed by atoms with van der Waals surface area (Å²) in [5.74, 6) is -1.27. The minimum Gasteiger partial charge on any atom is -0.481 e. The summed E-state index contributed by atoms with van der Waals surface area (Å²) in [7, 11) is 0. The van der Waals surface area contributed by atoms with Crippen LogP contribution in [0.15, 0.2) is 12.3 Å². The van der Waals surface area contributed by atoms with Gasteiger partial charge in [0, 0.05) is 6.20 Å². The fourth-order valence-corrected chi connectivity index (χ4v) is 3.16. The summed E-state index contributed by atoms with van der Waals surface area (Å²) in [5.41, 5.74) is -0.968. The lowest BCUT2D eigenvalue weighted by Gasteiger charge is -2.34. The number of carboxylic acid groups (broad SMARTS) is 1. The normalized spacial score (nSPS) is 26.8. The van der Waals surface area contributed by atoms with Crippen LogP contribution < -0.4 is 0 Å². The number of hydrogen-bond acceptors (Lipinski definition) is 2. The van der Waals surface area contributed by atoms with Gasteiger partial charge in [0.25, 0.3) is 0 Å². The summed E-state index contributed by atoms with van der Waals surface area (Å²) in [6, 6.07) is 0.409. The summed E-state index contributed by atoms with van der Waals surface area (Å²) in [6.07, 6.45) is 0.585. The zero-order valence-electron chi connectivity index (χ0n) is 11.8. The predicted octanol–water partition coefficient (Wildman–Crippen LogP) is 3.74. The topological polar surface area (TPSA) is 55.1 Å². The number of halogens is 3. The van der Waals surface area contributed by atoms with Crippen molar-refractivity contribution in [2.45, 2.75) is 51.2 Å². The predicted molar refractivity (Wildman–Crippen MR) is 69.6 cm³/mol. The molecule has 1 saturated carbocycles. The molecule has 0 bridgehead atoms. The third-order valence-electron chi connectivity index (χ3n) is 4.18. The summed E-state index contributed by atoms with van der Waals surface area (Å²) >= 11 is 0. The number of nitrogens with zero attached hydrogens (tertiary/aromatic N) is 2. The smallest absolute Gasteiger partial charge is 0.435 e. The van der Waals surface area contributed by atoms with Gasteiger partial charge in [0.05, 0.1) is 12.0 Å². The Morgan fingerprint density at radius 3 is 2.71 bits per heavy atom. The Bertz CT molecular complexity index is 499. The van der Waals surface area contributed by atoms with E-state index in [1.165, 1.54) is 10.9 Å². The van der Waals surface area contributed by atoms with Crippen LogP contribution in [0.2, 0.25) is 0 Å². The lowest BCUT2D eigenvalue weighted by Crippen LogP contribution is -2.33. The average molecular weight is 304 g/mol. The van der Waals surface area contributed by atoms with Crippen molar-refractivity contribution in [1.82, 2.24) is 9.78 Å². The maximum atomic E-state index is 12.6. The van der Waals surface area contributed by atoms with Crippen LogP contribution >= 0.6 is 0 Å². The number of alkyl halides is 3. The van der Waals surface area contributed by atoms with Crippen molar-refractivity contribution in [3.63, 3.8) is 0 Å². The van der Waals surface area contributed by atoms with Crippen molar-refractivity contribution < 1.29 is 23.1 Å². The van der Waals surface area contributed by atoms with Crippen molar-refractivity contribution in [1.29, 1.82) is 0 Å². The molecule has 21 heavy (non-hydrogen) atoms. The molecule has 2 rings (SSSR count). The van der Waals surface area contributed by atoms with E-state index in [2.05, 4.69) is 5.10 Å². The molecule has 1 aliphatic rings. The summed E-state index contributed by atoms with van der Waals surface area (Å²) in [5, 5.41) is 12.9. The second kappa shape index (κ2) is 6.07. The number of aliphatic carboxylic acids is 1. The molecule has 3 unspecified atom stereocenters. The van der Waals surface area contributed by atoms with Crippen molar-refractivity contribution in [3.05, 3.63) is 18.0 Å². The van der Waals surface area contributed by atoms with Crippen LogP contribution in [0.1, 0.15) is 50.8 Å². The fraction of sp³-hybridized carbons (Fsp3) is 0.714.